The molecular formula is C15H21N5O4S. The molecule has 0 atom stereocenters. The zero-order valence-corrected chi connectivity index (χ0v) is 15.3. The van der Waals surface area contributed by atoms with E-state index in [1.54, 1.807) is 24.9 Å². The van der Waals surface area contributed by atoms with Gasteiger partial charge >= 0.3 is 0 Å². The number of pyridine rings is 1. The molecule has 1 amide bonds. The van der Waals surface area contributed by atoms with Gasteiger partial charge in [-0.1, -0.05) is 0 Å². The van der Waals surface area contributed by atoms with Crippen LogP contribution >= 0.6 is 0 Å². The quantitative estimate of drug-likeness (QED) is 0.782. The van der Waals surface area contributed by atoms with Crippen molar-refractivity contribution in [1.82, 2.24) is 24.0 Å². The number of aromatic nitrogens is 3. The Kier molecular flexibility index (Phi) is 4.41. The maximum absolute atomic E-state index is 13.0. The van der Waals surface area contributed by atoms with Crippen LogP contribution in [-0.2, 0) is 17.1 Å². The number of carbonyl (C=O) groups is 1. The van der Waals surface area contributed by atoms with E-state index in [0.29, 0.717) is 43.0 Å². The number of nitrogens with one attached hydrogen (secondary N) is 1. The number of fused-ring (bicyclic) bond motifs is 1. The summed E-state index contributed by atoms with van der Waals surface area (Å²) in [5.41, 5.74) is 1.01. The predicted molar refractivity (Wildman–Crippen MR) is 93.0 cm³/mol. The molecule has 25 heavy (non-hydrogen) atoms. The van der Waals surface area contributed by atoms with Crippen molar-refractivity contribution in [3.63, 3.8) is 0 Å². The van der Waals surface area contributed by atoms with Gasteiger partial charge in [0, 0.05) is 38.9 Å². The Bertz CT molecular complexity index is 991. The lowest BCUT2D eigenvalue weighted by Crippen LogP contribution is -2.37. The Labute approximate surface area is 145 Å². The van der Waals surface area contributed by atoms with Crippen LogP contribution < -0.4 is 5.56 Å². The van der Waals surface area contributed by atoms with Gasteiger partial charge in [-0.05, 0) is 19.4 Å². The lowest BCUT2D eigenvalue weighted by Gasteiger charge is -2.21. The van der Waals surface area contributed by atoms with E-state index in [1.165, 1.54) is 15.2 Å². The first-order valence-electron chi connectivity index (χ1n) is 7.99. The van der Waals surface area contributed by atoms with Crippen LogP contribution in [0.4, 0.5) is 0 Å². The number of hydrogen-bond acceptors (Lipinski definition) is 5. The summed E-state index contributed by atoms with van der Waals surface area (Å²) in [6.07, 6.45) is 1.72. The molecule has 1 fully saturated rings. The summed E-state index contributed by atoms with van der Waals surface area (Å²) >= 11 is 0. The summed E-state index contributed by atoms with van der Waals surface area (Å²) in [4.78, 5) is 31.1. The molecule has 1 aliphatic heterocycles. The lowest BCUT2D eigenvalue weighted by molar-refractivity contribution is 0.0766. The maximum atomic E-state index is 13.0. The molecule has 3 heterocycles. The monoisotopic (exact) mass is 367 g/mol. The van der Waals surface area contributed by atoms with Crippen molar-refractivity contribution >= 4 is 27.0 Å². The van der Waals surface area contributed by atoms with Crippen LogP contribution in [-0.4, -0.2) is 70.7 Å². The Balaban J connectivity index is 1.96. The van der Waals surface area contributed by atoms with Crippen molar-refractivity contribution in [3.8, 4) is 0 Å². The molecule has 0 saturated carbocycles. The van der Waals surface area contributed by atoms with Gasteiger partial charge in [0.1, 0.15) is 0 Å². The van der Waals surface area contributed by atoms with Crippen molar-refractivity contribution in [1.29, 1.82) is 0 Å². The van der Waals surface area contributed by atoms with Crippen molar-refractivity contribution in [2.75, 3.05) is 32.4 Å². The first-order chi connectivity index (χ1) is 11.7. The minimum absolute atomic E-state index is 0.253. The first-order valence-corrected chi connectivity index (χ1v) is 9.84. The smallest absolute Gasteiger partial charge is 0.274 e. The van der Waals surface area contributed by atoms with Crippen LogP contribution in [0.25, 0.3) is 11.0 Å². The molecule has 0 aromatic carbocycles. The SMILES string of the molecule is Cc1cc(C(=O)N2CCCN(S(C)(=O)=O)CC2)c2c(=O)[nH]n(C)c2n1. The lowest BCUT2D eigenvalue weighted by atomic mass is 10.1. The highest BCUT2D eigenvalue weighted by Crippen LogP contribution is 2.18. The van der Waals surface area contributed by atoms with E-state index in [0.717, 1.165) is 0 Å². The fraction of sp³-hybridized carbons (Fsp3) is 0.533. The van der Waals surface area contributed by atoms with Gasteiger partial charge in [-0.2, -0.15) is 0 Å². The number of amides is 1. The largest absolute Gasteiger partial charge is 0.337 e. The van der Waals surface area contributed by atoms with Gasteiger partial charge in [-0.15, -0.1) is 0 Å². The Morgan fingerprint density at radius 3 is 2.64 bits per heavy atom. The molecule has 2 aromatic rings. The van der Waals surface area contributed by atoms with E-state index in [2.05, 4.69) is 10.1 Å². The molecule has 1 saturated heterocycles. The van der Waals surface area contributed by atoms with E-state index in [-0.39, 0.29) is 23.4 Å². The highest BCUT2D eigenvalue weighted by Gasteiger charge is 2.27. The molecule has 0 radical (unpaired) electrons. The van der Waals surface area contributed by atoms with Gasteiger partial charge in [-0.25, -0.2) is 17.7 Å². The normalized spacial score (nSPS) is 17.0. The molecule has 1 aliphatic rings. The summed E-state index contributed by atoms with van der Waals surface area (Å²) in [6, 6.07) is 1.61. The second kappa shape index (κ2) is 6.26. The van der Waals surface area contributed by atoms with E-state index >= 15 is 0 Å². The summed E-state index contributed by atoms with van der Waals surface area (Å²) in [5.74, 6) is -0.275. The fourth-order valence-corrected chi connectivity index (χ4v) is 4.03. The van der Waals surface area contributed by atoms with E-state index < -0.39 is 10.0 Å². The van der Waals surface area contributed by atoms with Crippen LogP contribution in [0.3, 0.4) is 0 Å². The molecular weight excluding hydrogens is 346 g/mol. The molecule has 2 aromatic heterocycles. The van der Waals surface area contributed by atoms with Gasteiger partial charge in [0.05, 0.1) is 17.2 Å². The second-order valence-corrected chi connectivity index (χ2v) is 8.30. The number of aryl methyl sites for hydroxylation is 2. The highest BCUT2D eigenvalue weighted by atomic mass is 32.2. The fourth-order valence-electron chi connectivity index (χ4n) is 3.15. The number of nitrogens with zero attached hydrogens (tertiary/aromatic N) is 4. The Morgan fingerprint density at radius 1 is 1.24 bits per heavy atom. The Hall–Kier alpha value is -2.20. The summed E-state index contributed by atoms with van der Waals surface area (Å²) in [5, 5.41) is 2.89. The van der Waals surface area contributed by atoms with Gasteiger partial charge in [0.2, 0.25) is 10.0 Å². The average molecular weight is 367 g/mol. The third kappa shape index (κ3) is 3.31. The molecule has 0 bridgehead atoms. The topological polar surface area (TPSA) is 108 Å². The van der Waals surface area contributed by atoms with Crippen molar-refractivity contribution < 1.29 is 13.2 Å². The number of H-pyrrole nitrogens is 1. The zero-order valence-electron chi connectivity index (χ0n) is 14.4. The number of hydrogen-bond donors (Lipinski definition) is 1. The highest BCUT2D eigenvalue weighted by molar-refractivity contribution is 7.88. The van der Waals surface area contributed by atoms with Gasteiger partial charge in [0.15, 0.2) is 5.65 Å². The van der Waals surface area contributed by atoms with Gasteiger partial charge in [-0.3, -0.25) is 19.4 Å². The number of aromatic amines is 1. The third-order valence-electron chi connectivity index (χ3n) is 4.38. The number of rotatable bonds is 2. The maximum Gasteiger partial charge on any atom is 0.274 e. The molecule has 0 aliphatic carbocycles. The number of carbonyl (C=O) groups excluding carboxylic acids is 1. The van der Waals surface area contributed by atoms with Crippen molar-refractivity contribution in [2.24, 2.45) is 7.05 Å². The Morgan fingerprint density at radius 2 is 1.96 bits per heavy atom. The molecule has 0 unspecified atom stereocenters. The van der Waals surface area contributed by atoms with Gasteiger partial charge in [0.25, 0.3) is 11.5 Å². The average Bonchev–Trinajstić information content (AvgIpc) is 2.72. The minimum atomic E-state index is -3.28. The summed E-state index contributed by atoms with van der Waals surface area (Å²) in [6.45, 7) is 3.14. The molecule has 10 heteroatoms. The van der Waals surface area contributed by atoms with Crippen LogP contribution in [0.1, 0.15) is 22.5 Å². The summed E-state index contributed by atoms with van der Waals surface area (Å²) in [7, 11) is -1.61. The van der Waals surface area contributed by atoms with E-state index in [9.17, 15) is 18.0 Å². The van der Waals surface area contributed by atoms with E-state index in [4.69, 9.17) is 0 Å². The minimum Gasteiger partial charge on any atom is -0.337 e. The second-order valence-electron chi connectivity index (χ2n) is 6.32. The molecule has 9 nitrogen and oxygen atoms in total. The van der Waals surface area contributed by atoms with E-state index in [1.807, 2.05) is 0 Å². The van der Waals surface area contributed by atoms with Crippen molar-refractivity contribution in [3.05, 3.63) is 27.7 Å². The molecule has 1 N–H and O–H groups in total. The molecule has 136 valence electrons. The van der Waals surface area contributed by atoms with Crippen LogP contribution in [0.2, 0.25) is 0 Å². The van der Waals surface area contributed by atoms with Gasteiger partial charge < -0.3 is 4.90 Å². The van der Waals surface area contributed by atoms with Crippen LogP contribution in [0.5, 0.6) is 0 Å². The van der Waals surface area contributed by atoms with Crippen LogP contribution in [0.15, 0.2) is 10.9 Å². The zero-order chi connectivity index (χ0) is 18.4. The summed E-state index contributed by atoms with van der Waals surface area (Å²) < 4.78 is 26.3. The molecule has 3 rings (SSSR count). The standard InChI is InChI=1S/C15H21N5O4S/c1-10-9-11(12-13(16-10)18(2)17-14(12)21)15(22)19-5-4-6-20(8-7-19)25(3,23)24/h9H,4-8H2,1-3H3,(H,17,21). The molecule has 0 spiro atoms. The third-order valence-corrected chi connectivity index (χ3v) is 5.69. The van der Waals surface area contributed by atoms with Crippen molar-refractivity contribution in [2.45, 2.75) is 13.3 Å². The predicted octanol–water partition coefficient (Wildman–Crippen LogP) is -0.322. The first kappa shape index (κ1) is 17.6. The number of sulfonamides is 1. The van der Waals surface area contributed by atoms with Crippen LogP contribution in [0, 0.1) is 6.92 Å².